The molecule has 0 saturated carbocycles. The lowest BCUT2D eigenvalue weighted by molar-refractivity contribution is -0.119. The van der Waals surface area contributed by atoms with Crippen molar-refractivity contribution in [1.82, 2.24) is 5.32 Å². The fourth-order valence-electron chi connectivity index (χ4n) is 1.64. The number of nitrogens with one attached hydrogen (secondary N) is 1. The molecule has 4 N–H and O–H groups in total. The molecule has 110 valence electrons. The van der Waals surface area contributed by atoms with E-state index in [9.17, 15) is 9.59 Å². The lowest BCUT2D eigenvalue weighted by Gasteiger charge is -2.19. The molecule has 0 saturated heterocycles. The number of methoxy groups -OCH3 is 1. The Kier molecular flexibility index (Phi) is 5.79. The number of nitrogens with two attached hydrogens (primary N) is 1. The van der Waals surface area contributed by atoms with E-state index in [-0.39, 0.29) is 23.7 Å². The molecule has 20 heavy (non-hydrogen) atoms. The molecule has 0 spiro atoms. The van der Waals surface area contributed by atoms with Crippen molar-refractivity contribution in [3.63, 3.8) is 0 Å². The molecule has 0 radical (unpaired) electrons. The second kappa shape index (κ2) is 7.34. The van der Waals surface area contributed by atoms with Gasteiger partial charge in [0.25, 0.3) is 0 Å². The number of benzene rings is 1. The Bertz CT molecular complexity index is 491. The standard InChI is InChI=1S/C13H19N3O4/c1-16(8-12(17)15-5-6-20-2)9-3-4-10(13(18)19)11(14)7-9/h3-4,7H,5-6,8,14H2,1-2H3,(H,15,17)(H,18,19). The highest BCUT2D eigenvalue weighted by molar-refractivity contribution is 5.94. The van der Waals surface area contributed by atoms with Gasteiger partial charge in [0.2, 0.25) is 5.91 Å². The number of rotatable bonds is 7. The van der Waals surface area contributed by atoms with E-state index >= 15 is 0 Å². The summed E-state index contributed by atoms with van der Waals surface area (Å²) in [6, 6.07) is 4.57. The van der Waals surface area contributed by atoms with Gasteiger partial charge in [-0.15, -0.1) is 0 Å². The molecule has 7 heteroatoms. The second-order valence-corrected chi connectivity index (χ2v) is 4.28. The van der Waals surface area contributed by atoms with Crippen molar-refractivity contribution in [3.8, 4) is 0 Å². The summed E-state index contributed by atoms with van der Waals surface area (Å²) in [6.07, 6.45) is 0. The number of nitrogens with zero attached hydrogens (tertiary/aromatic N) is 1. The van der Waals surface area contributed by atoms with Gasteiger partial charge in [-0.25, -0.2) is 4.79 Å². The minimum absolute atomic E-state index is 0.0479. The van der Waals surface area contributed by atoms with Gasteiger partial charge in [-0.2, -0.15) is 0 Å². The monoisotopic (exact) mass is 281 g/mol. The minimum atomic E-state index is -1.07. The summed E-state index contributed by atoms with van der Waals surface area (Å²) >= 11 is 0. The van der Waals surface area contributed by atoms with Crippen LogP contribution in [0.2, 0.25) is 0 Å². The fourth-order valence-corrected chi connectivity index (χ4v) is 1.64. The van der Waals surface area contributed by atoms with Gasteiger partial charge in [0.05, 0.1) is 18.7 Å². The third-order valence-corrected chi connectivity index (χ3v) is 2.72. The molecule has 0 aromatic heterocycles. The number of carboxylic acid groups (broad SMARTS) is 1. The van der Waals surface area contributed by atoms with Crippen LogP contribution in [0, 0.1) is 0 Å². The molecule has 1 aromatic carbocycles. The number of carbonyl (C=O) groups is 2. The van der Waals surface area contributed by atoms with Gasteiger partial charge in [0.1, 0.15) is 0 Å². The molecule has 0 bridgehead atoms. The summed E-state index contributed by atoms with van der Waals surface area (Å²) in [6.45, 7) is 1.05. The third kappa shape index (κ3) is 4.43. The summed E-state index contributed by atoms with van der Waals surface area (Å²) in [5.41, 5.74) is 6.56. The van der Waals surface area contributed by atoms with E-state index in [1.807, 2.05) is 0 Å². The fraction of sp³-hybridized carbons (Fsp3) is 0.385. The number of hydrogen-bond acceptors (Lipinski definition) is 5. The van der Waals surface area contributed by atoms with Crippen LogP contribution in [0.4, 0.5) is 11.4 Å². The van der Waals surface area contributed by atoms with Crippen LogP contribution in [-0.2, 0) is 9.53 Å². The zero-order valence-corrected chi connectivity index (χ0v) is 11.5. The van der Waals surface area contributed by atoms with Gasteiger partial charge in [-0.05, 0) is 18.2 Å². The van der Waals surface area contributed by atoms with Crippen LogP contribution in [-0.4, -0.2) is 50.8 Å². The Morgan fingerprint density at radius 3 is 2.70 bits per heavy atom. The number of likely N-dealkylation sites (N-methyl/N-ethyl adjacent to an activating group) is 1. The highest BCUT2D eigenvalue weighted by Gasteiger charge is 2.11. The van der Waals surface area contributed by atoms with Crippen molar-refractivity contribution in [2.75, 3.05) is 44.5 Å². The SMILES string of the molecule is COCCNC(=O)CN(C)c1ccc(C(=O)O)c(N)c1. The Morgan fingerprint density at radius 1 is 1.45 bits per heavy atom. The third-order valence-electron chi connectivity index (χ3n) is 2.72. The molecule has 0 heterocycles. The van der Waals surface area contributed by atoms with Crippen LogP contribution in [0.15, 0.2) is 18.2 Å². The topological polar surface area (TPSA) is 105 Å². The van der Waals surface area contributed by atoms with Gasteiger partial charge in [0.15, 0.2) is 0 Å². The lowest BCUT2D eigenvalue weighted by atomic mass is 10.1. The maximum atomic E-state index is 11.6. The Morgan fingerprint density at radius 2 is 2.15 bits per heavy atom. The molecule has 7 nitrogen and oxygen atoms in total. The smallest absolute Gasteiger partial charge is 0.337 e. The van der Waals surface area contributed by atoms with E-state index in [2.05, 4.69) is 5.32 Å². The van der Waals surface area contributed by atoms with Crippen LogP contribution < -0.4 is 16.0 Å². The van der Waals surface area contributed by atoms with Crippen molar-refractivity contribution >= 4 is 23.3 Å². The molecular weight excluding hydrogens is 262 g/mol. The summed E-state index contributed by atoms with van der Waals surface area (Å²) in [5, 5.41) is 11.6. The average Bonchev–Trinajstić information content (AvgIpc) is 2.38. The predicted octanol–water partition coefficient (Wildman–Crippen LogP) is 0.166. The number of anilines is 2. The maximum Gasteiger partial charge on any atom is 0.337 e. The van der Waals surface area contributed by atoms with E-state index in [1.165, 1.54) is 12.1 Å². The van der Waals surface area contributed by atoms with Gasteiger partial charge in [-0.1, -0.05) is 0 Å². The van der Waals surface area contributed by atoms with Crippen LogP contribution in [0.1, 0.15) is 10.4 Å². The summed E-state index contributed by atoms with van der Waals surface area (Å²) < 4.78 is 4.83. The highest BCUT2D eigenvalue weighted by Crippen LogP contribution is 2.20. The first-order chi connectivity index (χ1) is 9.45. The number of aromatic carboxylic acids is 1. The van der Waals surface area contributed by atoms with Crippen LogP contribution >= 0.6 is 0 Å². The molecule has 0 atom stereocenters. The van der Waals surface area contributed by atoms with Crippen molar-refractivity contribution in [3.05, 3.63) is 23.8 Å². The molecule has 1 amide bonds. The summed E-state index contributed by atoms with van der Waals surface area (Å²) in [5.74, 6) is -1.22. The van der Waals surface area contributed by atoms with Gasteiger partial charge in [0, 0.05) is 32.1 Å². The summed E-state index contributed by atoms with van der Waals surface area (Å²) in [7, 11) is 3.29. The van der Waals surface area contributed by atoms with Crippen LogP contribution in [0.5, 0.6) is 0 Å². The maximum absolute atomic E-state index is 11.6. The van der Waals surface area contributed by atoms with Crippen LogP contribution in [0.3, 0.4) is 0 Å². The Hall–Kier alpha value is -2.28. The molecule has 0 aliphatic carbocycles. The number of carboxylic acids is 1. The molecule has 0 aliphatic heterocycles. The van der Waals surface area contributed by atoms with Crippen molar-refractivity contribution in [2.24, 2.45) is 0 Å². The highest BCUT2D eigenvalue weighted by atomic mass is 16.5. The zero-order valence-electron chi connectivity index (χ0n) is 11.5. The van der Waals surface area contributed by atoms with Crippen molar-refractivity contribution in [2.45, 2.75) is 0 Å². The van der Waals surface area contributed by atoms with Gasteiger partial charge in [-0.3, -0.25) is 4.79 Å². The zero-order chi connectivity index (χ0) is 15.1. The number of hydrogen-bond donors (Lipinski definition) is 3. The number of ether oxygens (including phenoxy) is 1. The average molecular weight is 281 g/mol. The Balaban J connectivity index is 2.63. The van der Waals surface area contributed by atoms with E-state index < -0.39 is 5.97 Å². The molecule has 1 rings (SSSR count). The summed E-state index contributed by atoms with van der Waals surface area (Å²) in [4.78, 5) is 24.2. The van der Waals surface area contributed by atoms with Gasteiger partial charge < -0.3 is 25.8 Å². The molecule has 1 aromatic rings. The first-order valence-electron chi connectivity index (χ1n) is 6.05. The van der Waals surface area contributed by atoms with E-state index in [1.54, 1.807) is 25.1 Å². The first kappa shape index (κ1) is 15.8. The van der Waals surface area contributed by atoms with E-state index in [4.69, 9.17) is 15.6 Å². The second-order valence-electron chi connectivity index (χ2n) is 4.28. The quantitative estimate of drug-likeness (QED) is 0.486. The van der Waals surface area contributed by atoms with E-state index in [0.29, 0.717) is 18.8 Å². The van der Waals surface area contributed by atoms with Crippen molar-refractivity contribution in [1.29, 1.82) is 0 Å². The predicted molar refractivity (Wildman–Crippen MR) is 76.0 cm³/mol. The first-order valence-corrected chi connectivity index (χ1v) is 6.05. The minimum Gasteiger partial charge on any atom is -0.478 e. The normalized spacial score (nSPS) is 10.1. The van der Waals surface area contributed by atoms with E-state index in [0.717, 1.165) is 0 Å². The van der Waals surface area contributed by atoms with Crippen molar-refractivity contribution < 1.29 is 19.4 Å². The number of carbonyl (C=O) groups excluding carboxylic acids is 1. The molecule has 0 aliphatic rings. The van der Waals surface area contributed by atoms with Gasteiger partial charge >= 0.3 is 5.97 Å². The Labute approximate surface area is 117 Å². The molecule has 0 fully saturated rings. The number of amides is 1. The number of nitrogen functional groups attached to an aromatic ring is 1. The molecular formula is C13H19N3O4. The lowest BCUT2D eigenvalue weighted by Crippen LogP contribution is -2.36. The van der Waals surface area contributed by atoms with Crippen LogP contribution in [0.25, 0.3) is 0 Å². The largest absolute Gasteiger partial charge is 0.478 e. The molecule has 0 unspecified atom stereocenters.